The first-order valence-electron chi connectivity index (χ1n) is 9.39. The van der Waals surface area contributed by atoms with Gasteiger partial charge in [-0.3, -0.25) is 14.9 Å². The molecule has 1 heterocycles. The Morgan fingerprint density at radius 2 is 1.80 bits per heavy atom. The summed E-state index contributed by atoms with van der Waals surface area (Å²) in [6, 6.07) is 13.4. The standard InChI is InChI=1S/C22H22ClN3O3S/c1-22(2,3)21(27)25-18(12-14-4-10-17(11-5-14)26(28)29)20-24-19(13-30-20)15-6-8-16(23)9-7-15/h4-11,13,18H,12H2,1-3H3,(H,25,27)/t18-/m0/s1. The number of nitro benzene ring substituents is 1. The number of halogens is 1. The van der Waals surface area contributed by atoms with Crippen LogP contribution < -0.4 is 5.32 Å². The predicted octanol–water partition coefficient (Wildman–Crippen LogP) is 5.82. The Kier molecular flexibility index (Phi) is 6.53. The molecule has 0 bridgehead atoms. The summed E-state index contributed by atoms with van der Waals surface area (Å²) in [4.78, 5) is 27.9. The minimum atomic E-state index is -0.552. The van der Waals surface area contributed by atoms with Crippen LogP contribution in [-0.2, 0) is 11.2 Å². The lowest BCUT2D eigenvalue weighted by Crippen LogP contribution is -2.38. The van der Waals surface area contributed by atoms with Gasteiger partial charge in [-0.25, -0.2) is 4.98 Å². The molecule has 0 aliphatic carbocycles. The van der Waals surface area contributed by atoms with Crippen LogP contribution in [0.1, 0.15) is 37.4 Å². The van der Waals surface area contributed by atoms with Crippen molar-refractivity contribution in [1.82, 2.24) is 10.3 Å². The quantitative estimate of drug-likeness (QED) is 0.384. The van der Waals surface area contributed by atoms with Crippen LogP contribution in [0.25, 0.3) is 11.3 Å². The lowest BCUT2D eigenvalue weighted by molar-refractivity contribution is -0.384. The zero-order valence-corrected chi connectivity index (χ0v) is 18.5. The van der Waals surface area contributed by atoms with Crippen molar-refractivity contribution in [2.75, 3.05) is 0 Å². The summed E-state index contributed by atoms with van der Waals surface area (Å²) in [6.07, 6.45) is 0.480. The van der Waals surface area contributed by atoms with Crippen LogP contribution in [0.2, 0.25) is 5.02 Å². The maximum absolute atomic E-state index is 12.7. The van der Waals surface area contributed by atoms with Gasteiger partial charge in [-0.2, -0.15) is 0 Å². The van der Waals surface area contributed by atoms with E-state index in [0.717, 1.165) is 21.8 Å². The van der Waals surface area contributed by atoms with Gasteiger partial charge in [-0.15, -0.1) is 11.3 Å². The zero-order chi connectivity index (χ0) is 21.9. The summed E-state index contributed by atoms with van der Waals surface area (Å²) in [5.41, 5.74) is 2.11. The third-order valence-corrected chi connectivity index (χ3v) is 5.74. The van der Waals surface area contributed by atoms with Crippen LogP contribution in [0.5, 0.6) is 0 Å². The van der Waals surface area contributed by atoms with Gasteiger partial charge >= 0.3 is 0 Å². The summed E-state index contributed by atoms with van der Waals surface area (Å²) in [6.45, 7) is 5.56. The van der Waals surface area contributed by atoms with Crippen molar-refractivity contribution < 1.29 is 9.72 Å². The van der Waals surface area contributed by atoms with E-state index < -0.39 is 10.3 Å². The van der Waals surface area contributed by atoms with Crippen molar-refractivity contribution in [2.45, 2.75) is 33.2 Å². The number of hydrogen-bond donors (Lipinski definition) is 1. The fraction of sp³-hybridized carbons (Fsp3) is 0.273. The van der Waals surface area contributed by atoms with Crippen LogP contribution in [0, 0.1) is 15.5 Å². The van der Waals surface area contributed by atoms with Gasteiger partial charge in [0.1, 0.15) is 5.01 Å². The molecule has 3 aromatic rings. The molecule has 156 valence electrons. The lowest BCUT2D eigenvalue weighted by Gasteiger charge is -2.23. The fourth-order valence-corrected chi connectivity index (χ4v) is 3.77. The van der Waals surface area contributed by atoms with E-state index in [9.17, 15) is 14.9 Å². The first-order chi connectivity index (χ1) is 14.1. The molecule has 3 rings (SSSR count). The zero-order valence-electron chi connectivity index (χ0n) is 16.9. The molecule has 1 aromatic heterocycles. The Labute approximate surface area is 184 Å². The number of hydrogen-bond acceptors (Lipinski definition) is 5. The molecule has 8 heteroatoms. The van der Waals surface area contributed by atoms with Crippen LogP contribution in [0.15, 0.2) is 53.9 Å². The van der Waals surface area contributed by atoms with Crippen molar-refractivity contribution >= 4 is 34.5 Å². The van der Waals surface area contributed by atoms with Gasteiger partial charge in [0, 0.05) is 33.5 Å². The minimum absolute atomic E-state index is 0.0355. The number of carbonyl (C=O) groups excluding carboxylic acids is 1. The number of benzene rings is 2. The number of carbonyl (C=O) groups is 1. The maximum atomic E-state index is 12.7. The van der Waals surface area contributed by atoms with E-state index in [2.05, 4.69) is 5.32 Å². The highest BCUT2D eigenvalue weighted by Gasteiger charge is 2.26. The summed E-state index contributed by atoms with van der Waals surface area (Å²) in [5, 5.41) is 17.4. The van der Waals surface area contributed by atoms with E-state index in [0.29, 0.717) is 11.4 Å². The largest absolute Gasteiger partial charge is 0.346 e. The average molecular weight is 444 g/mol. The second-order valence-corrected chi connectivity index (χ2v) is 9.31. The minimum Gasteiger partial charge on any atom is -0.346 e. The number of rotatable bonds is 6. The molecule has 0 saturated carbocycles. The molecule has 0 aliphatic rings. The molecule has 2 aromatic carbocycles. The second-order valence-electron chi connectivity index (χ2n) is 7.98. The van der Waals surface area contributed by atoms with Crippen molar-refractivity contribution in [2.24, 2.45) is 5.41 Å². The molecule has 1 amide bonds. The topological polar surface area (TPSA) is 85.1 Å². The Bertz CT molecular complexity index is 1040. The summed E-state index contributed by atoms with van der Waals surface area (Å²) in [7, 11) is 0. The Morgan fingerprint density at radius 1 is 1.17 bits per heavy atom. The number of nitro groups is 1. The number of non-ortho nitro benzene ring substituents is 1. The molecule has 0 saturated heterocycles. The van der Waals surface area contributed by atoms with Gasteiger partial charge in [0.25, 0.3) is 5.69 Å². The highest BCUT2D eigenvalue weighted by molar-refractivity contribution is 7.10. The lowest BCUT2D eigenvalue weighted by atomic mass is 9.94. The van der Waals surface area contributed by atoms with Gasteiger partial charge in [-0.05, 0) is 24.1 Å². The highest BCUT2D eigenvalue weighted by atomic mass is 35.5. The molecule has 1 atom stereocenters. The van der Waals surface area contributed by atoms with Gasteiger partial charge < -0.3 is 5.32 Å². The average Bonchev–Trinajstić information content (AvgIpc) is 3.17. The second kappa shape index (κ2) is 8.93. The van der Waals surface area contributed by atoms with Crippen LogP contribution in [0.3, 0.4) is 0 Å². The molecule has 0 fully saturated rings. The van der Waals surface area contributed by atoms with E-state index >= 15 is 0 Å². The number of nitrogens with zero attached hydrogens (tertiary/aromatic N) is 2. The maximum Gasteiger partial charge on any atom is 0.269 e. The molecule has 30 heavy (non-hydrogen) atoms. The predicted molar refractivity (Wildman–Crippen MR) is 120 cm³/mol. The first kappa shape index (κ1) is 21.9. The van der Waals surface area contributed by atoms with Crippen molar-refractivity contribution in [3.05, 3.63) is 79.6 Å². The molecular weight excluding hydrogens is 422 g/mol. The number of nitrogens with one attached hydrogen (secondary N) is 1. The Balaban J connectivity index is 1.88. The van der Waals surface area contributed by atoms with E-state index in [1.165, 1.54) is 23.5 Å². The normalized spacial score (nSPS) is 12.4. The number of aromatic nitrogens is 1. The Morgan fingerprint density at radius 3 is 2.37 bits per heavy atom. The first-order valence-corrected chi connectivity index (χ1v) is 10.6. The monoisotopic (exact) mass is 443 g/mol. The SMILES string of the molecule is CC(C)(C)C(=O)N[C@@H](Cc1ccc([N+](=O)[O-])cc1)c1nc(-c2ccc(Cl)cc2)cs1. The summed E-state index contributed by atoms with van der Waals surface area (Å²) in [5.74, 6) is -0.0855. The van der Waals surface area contributed by atoms with E-state index in [4.69, 9.17) is 16.6 Å². The molecule has 0 aliphatic heterocycles. The Hall–Kier alpha value is -2.77. The van der Waals surface area contributed by atoms with E-state index in [-0.39, 0.29) is 17.6 Å². The molecule has 6 nitrogen and oxygen atoms in total. The fourth-order valence-electron chi connectivity index (χ4n) is 2.77. The van der Waals surface area contributed by atoms with Gasteiger partial charge in [0.15, 0.2) is 0 Å². The van der Waals surface area contributed by atoms with Gasteiger partial charge in [-0.1, -0.05) is 56.6 Å². The molecule has 0 spiro atoms. The van der Waals surface area contributed by atoms with Gasteiger partial charge in [0.2, 0.25) is 5.91 Å². The smallest absolute Gasteiger partial charge is 0.269 e. The summed E-state index contributed by atoms with van der Waals surface area (Å²) >= 11 is 7.44. The van der Waals surface area contributed by atoms with Crippen molar-refractivity contribution in [3.8, 4) is 11.3 Å². The highest BCUT2D eigenvalue weighted by Crippen LogP contribution is 2.29. The third-order valence-electron chi connectivity index (χ3n) is 4.53. The van der Waals surface area contributed by atoms with Crippen LogP contribution in [0.4, 0.5) is 5.69 Å². The molecule has 0 radical (unpaired) electrons. The molecular formula is C22H22ClN3O3S. The third kappa shape index (κ3) is 5.43. The van der Waals surface area contributed by atoms with Gasteiger partial charge in [0.05, 0.1) is 16.7 Å². The summed E-state index contributed by atoms with van der Waals surface area (Å²) < 4.78 is 0. The molecule has 0 unspecified atom stereocenters. The number of amides is 1. The van der Waals surface area contributed by atoms with Crippen LogP contribution in [-0.4, -0.2) is 15.8 Å². The molecule has 1 N–H and O–H groups in total. The van der Waals surface area contributed by atoms with Crippen molar-refractivity contribution in [3.63, 3.8) is 0 Å². The number of thiazole rings is 1. The van der Waals surface area contributed by atoms with Crippen LogP contribution >= 0.6 is 22.9 Å². The van der Waals surface area contributed by atoms with E-state index in [1.54, 1.807) is 12.1 Å². The van der Waals surface area contributed by atoms with E-state index in [1.807, 2.05) is 50.4 Å². The van der Waals surface area contributed by atoms with Crippen molar-refractivity contribution in [1.29, 1.82) is 0 Å².